The maximum atomic E-state index is 12.9. The van der Waals surface area contributed by atoms with E-state index < -0.39 is 0 Å². The van der Waals surface area contributed by atoms with Crippen LogP contribution in [0.1, 0.15) is 5.56 Å². The van der Waals surface area contributed by atoms with Crippen molar-refractivity contribution in [2.24, 2.45) is 0 Å². The van der Waals surface area contributed by atoms with Crippen LogP contribution in [0, 0.1) is 5.82 Å². The number of rotatable bonds is 3. The molecule has 1 nitrogen and oxygen atoms in total. The third kappa shape index (κ3) is 3.11. The Hall–Kier alpha value is -1.25. The fourth-order valence-corrected chi connectivity index (χ4v) is 1.87. The molecule has 0 radical (unpaired) electrons. The summed E-state index contributed by atoms with van der Waals surface area (Å²) < 4.78 is 12.9. The van der Waals surface area contributed by atoms with Crippen molar-refractivity contribution in [2.75, 3.05) is 5.32 Å². The lowest BCUT2D eigenvalue weighted by Crippen LogP contribution is -2.00. The van der Waals surface area contributed by atoms with Gasteiger partial charge in [0, 0.05) is 12.2 Å². The predicted octanol–water partition coefficient (Wildman–Crippen LogP) is 4.74. The van der Waals surface area contributed by atoms with Crippen LogP contribution in [0.5, 0.6) is 0 Å². The number of hydrogen-bond donors (Lipinski definition) is 1. The second kappa shape index (κ2) is 5.39. The second-order valence-corrected chi connectivity index (χ2v) is 4.36. The van der Waals surface area contributed by atoms with Crippen LogP contribution in [0.4, 0.5) is 10.1 Å². The van der Waals surface area contributed by atoms with Gasteiger partial charge in [0.1, 0.15) is 5.82 Å². The lowest BCUT2D eigenvalue weighted by molar-refractivity contribution is 0.628. The maximum Gasteiger partial charge on any atom is 0.125 e. The number of benzene rings is 2. The minimum Gasteiger partial charge on any atom is -0.381 e. The first-order valence-corrected chi connectivity index (χ1v) is 5.85. The Morgan fingerprint density at radius 2 is 1.82 bits per heavy atom. The molecule has 0 atom stereocenters. The number of nitrogens with one attached hydrogen (secondary N) is 1. The molecule has 17 heavy (non-hydrogen) atoms. The Labute approximate surface area is 109 Å². The summed E-state index contributed by atoms with van der Waals surface area (Å²) in [7, 11) is 0. The Morgan fingerprint density at radius 1 is 1.06 bits per heavy atom. The highest BCUT2D eigenvalue weighted by molar-refractivity contribution is 6.42. The van der Waals surface area contributed by atoms with E-state index in [1.165, 1.54) is 12.1 Å². The van der Waals surface area contributed by atoms with E-state index in [-0.39, 0.29) is 5.82 Å². The van der Waals surface area contributed by atoms with Gasteiger partial charge in [0.15, 0.2) is 0 Å². The van der Waals surface area contributed by atoms with Crippen LogP contribution < -0.4 is 5.32 Å². The molecule has 2 rings (SSSR count). The molecule has 0 aliphatic rings. The average molecular weight is 270 g/mol. The fraction of sp³-hybridized carbons (Fsp3) is 0.0769. The van der Waals surface area contributed by atoms with Gasteiger partial charge in [-0.1, -0.05) is 41.4 Å². The number of halogens is 3. The number of anilines is 1. The summed E-state index contributed by atoms with van der Waals surface area (Å²) in [5.41, 5.74) is 1.59. The topological polar surface area (TPSA) is 12.0 Å². The molecule has 2 aromatic carbocycles. The zero-order valence-electron chi connectivity index (χ0n) is 8.88. The van der Waals surface area contributed by atoms with Crippen molar-refractivity contribution in [3.05, 3.63) is 63.9 Å². The first-order chi connectivity index (χ1) is 8.16. The lowest BCUT2D eigenvalue weighted by atomic mass is 10.2. The number of hydrogen-bond acceptors (Lipinski definition) is 1. The van der Waals surface area contributed by atoms with E-state index in [2.05, 4.69) is 5.32 Å². The van der Waals surface area contributed by atoms with Crippen molar-refractivity contribution in [2.45, 2.75) is 6.54 Å². The quantitative estimate of drug-likeness (QED) is 0.849. The summed E-state index contributed by atoms with van der Waals surface area (Å²) in [5, 5.41) is 4.13. The Morgan fingerprint density at radius 3 is 2.59 bits per heavy atom. The van der Waals surface area contributed by atoms with E-state index in [0.29, 0.717) is 22.3 Å². The van der Waals surface area contributed by atoms with E-state index in [1.54, 1.807) is 18.2 Å². The van der Waals surface area contributed by atoms with Gasteiger partial charge in [0.05, 0.1) is 10.0 Å². The molecule has 0 saturated carbocycles. The van der Waals surface area contributed by atoms with Crippen LogP contribution in [-0.2, 0) is 6.54 Å². The zero-order valence-corrected chi connectivity index (χ0v) is 10.4. The lowest BCUT2D eigenvalue weighted by Gasteiger charge is -2.08. The van der Waals surface area contributed by atoms with Crippen LogP contribution in [-0.4, -0.2) is 0 Å². The van der Waals surface area contributed by atoms with Crippen LogP contribution in [0.25, 0.3) is 0 Å². The standard InChI is InChI=1S/C13H10Cl2FN/c14-12-6-1-3-9(13(12)15)8-17-11-5-2-4-10(16)7-11/h1-7,17H,8H2. The summed E-state index contributed by atoms with van der Waals surface area (Å²) in [6.45, 7) is 0.503. The molecule has 0 aromatic heterocycles. The smallest absolute Gasteiger partial charge is 0.125 e. The molecule has 0 saturated heterocycles. The largest absolute Gasteiger partial charge is 0.381 e. The van der Waals surface area contributed by atoms with Crippen molar-refractivity contribution >= 4 is 28.9 Å². The highest BCUT2D eigenvalue weighted by Gasteiger charge is 2.03. The van der Waals surface area contributed by atoms with Gasteiger partial charge in [0.2, 0.25) is 0 Å². The molecule has 2 aromatic rings. The Balaban J connectivity index is 2.10. The van der Waals surface area contributed by atoms with E-state index >= 15 is 0 Å². The van der Waals surface area contributed by atoms with Gasteiger partial charge in [-0.2, -0.15) is 0 Å². The third-order valence-corrected chi connectivity index (χ3v) is 3.20. The van der Waals surface area contributed by atoms with Crippen molar-refractivity contribution in [3.8, 4) is 0 Å². The molecule has 0 bridgehead atoms. The van der Waals surface area contributed by atoms with E-state index in [0.717, 1.165) is 5.56 Å². The Kier molecular flexibility index (Phi) is 3.87. The SMILES string of the molecule is Fc1cccc(NCc2cccc(Cl)c2Cl)c1. The third-order valence-electron chi connectivity index (χ3n) is 2.34. The van der Waals surface area contributed by atoms with Crippen molar-refractivity contribution in [1.82, 2.24) is 0 Å². The van der Waals surface area contributed by atoms with Crippen molar-refractivity contribution < 1.29 is 4.39 Å². The molecule has 0 fully saturated rings. The van der Waals surface area contributed by atoms with Crippen LogP contribution in [0.15, 0.2) is 42.5 Å². The summed E-state index contributed by atoms with van der Waals surface area (Å²) >= 11 is 11.9. The van der Waals surface area contributed by atoms with E-state index in [9.17, 15) is 4.39 Å². The van der Waals surface area contributed by atoms with Gasteiger partial charge in [-0.3, -0.25) is 0 Å². The maximum absolute atomic E-state index is 12.9. The normalized spacial score (nSPS) is 10.3. The van der Waals surface area contributed by atoms with Gasteiger partial charge in [-0.25, -0.2) is 4.39 Å². The highest BCUT2D eigenvalue weighted by atomic mass is 35.5. The molecule has 0 amide bonds. The zero-order chi connectivity index (χ0) is 12.3. The molecular formula is C13H10Cl2FN. The molecule has 0 heterocycles. The predicted molar refractivity (Wildman–Crippen MR) is 70.2 cm³/mol. The molecule has 0 aliphatic heterocycles. The van der Waals surface area contributed by atoms with Crippen LogP contribution in [0.3, 0.4) is 0 Å². The molecule has 1 N–H and O–H groups in total. The van der Waals surface area contributed by atoms with Gasteiger partial charge in [0.25, 0.3) is 0 Å². The second-order valence-electron chi connectivity index (χ2n) is 3.58. The van der Waals surface area contributed by atoms with Crippen molar-refractivity contribution in [3.63, 3.8) is 0 Å². The molecule has 88 valence electrons. The molecule has 0 unspecified atom stereocenters. The van der Waals surface area contributed by atoms with Crippen LogP contribution >= 0.6 is 23.2 Å². The molecule has 0 spiro atoms. The first-order valence-electron chi connectivity index (χ1n) is 5.09. The van der Waals surface area contributed by atoms with Gasteiger partial charge < -0.3 is 5.32 Å². The first kappa shape index (κ1) is 12.2. The summed E-state index contributed by atoms with van der Waals surface area (Å²) in [6.07, 6.45) is 0. The minimum atomic E-state index is -0.271. The minimum absolute atomic E-state index is 0.271. The van der Waals surface area contributed by atoms with Gasteiger partial charge >= 0.3 is 0 Å². The Bertz CT molecular complexity index is 529. The van der Waals surface area contributed by atoms with Crippen molar-refractivity contribution in [1.29, 1.82) is 0 Å². The molecule has 4 heteroatoms. The summed E-state index contributed by atoms with van der Waals surface area (Å²) in [4.78, 5) is 0. The monoisotopic (exact) mass is 269 g/mol. The molecule has 0 aliphatic carbocycles. The fourth-order valence-electron chi connectivity index (χ4n) is 1.48. The van der Waals surface area contributed by atoms with Gasteiger partial charge in [-0.15, -0.1) is 0 Å². The highest BCUT2D eigenvalue weighted by Crippen LogP contribution is 2.26. The summed E-state index contributed by atoms with van der Waals surface area (Å²) in [6, 6.07) is 11.7. The average Bonchev–Trinajstić information content (AvgIpc) is 2.31. The van der Waals surface area contributed by atoms with Gasteiger partial charge in [-0.05, 0) is 29.8 Å². The van der Waals surface area contributed by atoms with E-state index in [4.69, 9.17) is 23.2 Å². The van der Waals surface area contributed by atoms with E-state index in [1.807, 2.05) is 12.1 Å². The molecular weight excluding hydrogens is 260 g/mol. The van der Waals surface area contributed by atoms with Crippen LogP contribution in [0.2, 0.25) is 10.0 Å². The summed E-state index contributed by atoms with van der Waals surface area (Å²) in [5.74, 6) is -0.271.